The molecule has 3 rings (SSSR count). The number of benzene rings is 1. The number of anilines is 3. The van der Waals surface area contributed by atoms with E-state index in [1.807, 2.05) is 24.3 Å². The van der Waals surface area contributed by atoms with Crippen molar-refractivity contribution in [2.75, 3.05) is 9.91 Å². The van der Waals surface area contributed by atoms with E-state index >= 15 is 0 Å². The maximum atomic E-state index is 6.12. The second kappa shape index (κ2) is 3.99. The maximum absolute atomic E-state index is 6.12. The van der Waals surface area contributed by atoms with Crippen LogP contribution in [0.1, 0.15) is 12.5 Å². The fourth-order valence-corrected chi connectivity index (χ4v) is 2.43. The summed E-state index contributed by atoms with van der Waals surface area (Å²) in [7, 11) is 0. The minimum absolute atomic E-state index is 0.0657. The number of hydrogen-bond acceptors (Lipinski definition) is 4. The zero-order valence-electron chi connectivity index (χ0n) is 10.5. The smallest absolute Gasteiger partial charge is 0.159 e. The van der Waals surface area contributed by atoms with E-state index in [0.29, 0.717) is 0 Å². The van der Waals surface area contributed by atoms with Gasteiger partial charge in [-0.25, -0.2) is 10.8 Å². The monoisotopic (exact) mass is 240 g/mol. The number of rotatable bonds is 1. The maximum Gasteiger partial charge on any atom is 0.159 e. The van der Waals surface area contributed by atoms with Gasteiger partial charge in [0.2, 0.25) is 0 Å². The van der Waals surface area contributed by atoms with Gasteiger partial charge < -0.3 is 4.90 Å². The van der Waals surface area contributed by atoms with E-state index < -0.39 is 0 Å². The molecule has 1 aromatic heterocycles. The zero-order valence-corrected chi connectivity index (χ0v) is 10.5. The van der Waals surface area contributed by atoms with Gasteiger partial charge in [-0.15, -0.1) is 0 Å². The topological polar surface area (TPSA) is 45.4 Å². The van der Waals surface area contributed by atoms with Gasteiger partial charge in [0.1, 0.15) is 6.17 Å². The lowest BCUT2D eigenvalue weighted by molar-refractivity contribution is 0.695. The van der Waals surface area contributed by atoms with Gasteiger partial charge in [0.15, 0.2) is 5.82 Å². The van der Waals surface area contributed by atoms with Crippen molar-refractivity contribution in [1.29, 1.82) is 0 Å². The summed E-state index contributed by atoms with van der Waals surface area (Å²) in [5.74, 6) is 7.04. The zero-order chi connectivity index (χ0) is 12.7. The Bertz CT molecular complexity index is 582. The van der Waals surface area contributed by atoms with Crippen LogP contribution in [0.4, 0.5) is 17.2 Å². The fourth-order valence-electron chi connectivity index (χ4n) is 2.43. The third-order valence-electron chi connectivity index (χ3n) is 3.42. The van der Waals surface area contributed by atoms with Gasteiger partial charge in [0.25, 0.3) is 0 Å². The molecule has 1 aromatic carbocycles. The lowest BCUT2D eigenvalue weighted by Gasteiger charge is -2.27. The third-order valence-corrected chi connectivity index (χ3v) is 3.42. The van der Waals surface area contributed by atoms with Crippen molar-refractivity contribution in [1.82, 2.24) is 4.98 Å². The molecule has 18 heavy (non-hydrogen) atoms. The summed E-state index contributed by atoms with van der Waals surface area (Å²) in [5.41, 5.74) is 3.34. The highest BCUT2D eigenvalue weighted by Crippen LogP contribution is 2.41. The van der Waals surface area contributed by atoms with E-state index in [-0.39, 0.29) is 6.17 Å². The van der Waals surface area contributed by atoms with Crippen LogP contribution in [0.15, 0.2) is 42.6 Å². The molecule has 1 atom stereocenters. The van der Waals surface area contributed by atoms with E-state index in [1.54, 1.807) is 11.2 Å². The SMILES string of the molecule is Cc1ccccc1N1c2ncccc2N(N)C1C. The van der Waals surface area contributed by atoms with Gasteiger partial charge in [0.05, 0.1) is 5.69 Å². The normalized spacial score (nSPS) is 18.1. The van der Waals surface area contributed by atoms with Gasteiger partial charge in [-0.1, -0.05) is 18.2 Å². The largest absolute Gasteiger partial charge is 0.302 e. The molecule has 4 heteroatoms. The van der Waals surface area contributed by atoms with Crippen LogP contribution in [-0.4, -0.2) is 11.1 Å². The Hall–Kier alpha value is -2.07. The number of hydrogen-bond donors (Lipinski definition) is 1. The summed E-state index contributed by atoms with van der Waals surface area (Å²) in [6.45, 7) is 4.18. The molecular formula is C14H16N4. The summed E-state index contributed by atoms with van der Waals surface area (Å²) >= 11 is 0. The molecule has 0 aliphatic carbocycles. The van der Waals surface area contributed by atoms with E-state index in [4.69, 9.17) is 5.84 Å². The van der Waals surface area contributed by atoms with Crippen LogP contribution in [0.25, 0.3) is 0 Å². The van der Waals surface area contributed by atoms with Crippen molar-refractivity contribution in [3.05, 3.63) is 48.2 Å². The first kappa shape index (κ1) is 11.0. The lowest BCUT2D eigenvalue weighted by atomic mass is 10.2. The summed E-state index contributed by atoms with van der Waals surface area (Å²) < 4.78 is 0. The molecule has 1 unspecified atom stereocenters. The van der Waals surface area contributed by atoms with Crippen molar-refractivity contribution in [3.63, 3.8) is 0 Å². The second-order valence-corrected chi connectivity index (χ2v) is 4.54. The van der Waals surface area contributed by atoms with Crippen molar-refractivity contribution < 1.29 is 0 Å². The van der Waals surface area contributed by atoms with Crippen LogP contribution >= 0.6 is 0 Å². The number of aromatic nitrogens is 1. The minimum Gasteiger partial charge on any atom is -0.302 e. The number of nitrogens with zero attached hydrogens (tertiary/aromatic N) is 3. The van der Waals surface area contributed by atoms with Crippen molar-refractivity contribution in [2.24, 2.45) is 5.84 Å². The van der Waals surface area contributed by atoms with Gasteiger partial charge >= 0.3 is 0 Å². The first-order valence-corrected chi connectivity index (χ1v) is 6.04. The highest BCUT2D eigenvalue weighted by Gasteiger charge is 2.33. The van der Waals surface area contributed by atoms with Gasteiger partial charge in [-0.05, 0) is 37.6 Å². The van der Waals surface area contributed by atoms with Crippen LogP contribution < -0.4 is 15.8 Å². The molecule has 0 spiro atoms. The Morgan fingerprint density at radius 3 is 2.61 bits per heavy atom. The molecular weight excluding hydrogens is 224 g/mol. The Kier molecular flexibility index (Phi) is 2.45. The molecule has 0 saturated heterocycles. The quantitative estimate of drug-likeness (QED) is 0.778. The fraction of sp³-hybridized carbons (Fsp3) is 0.214. The number of para-hydroxylation sites is 1. The van der Waals surface area contributed by atoms with Gasteiger partial charge in [0, 0.05) is 11.9 Å². The van der Waals surface area contributed by atoms with Gasteiger partial charge in [-0.2, -0.15) is 0 Å². The standard InChI is InChI=1S/C14H16N4/c1-10-6-3-4-7-12(10)17-11(2)18(15)13-8-5-9-16-14(13)17/h3-9,11H,15H2,1-2H3. The Balaban J connectivity index is 2.16. The first-order valence-electron chi connectivity index (χ1n) is 6.04. The van der Waals surface area contributed by atoms with E-state index in [9.17, 15) is 0 Å². The van der Waals surface area contributed by atoms with E-state index in [1.165, 1.54) is 5.56 Å². The number of nitrogens with two attached hydrogens (primary N) is 1. The van der Waals surface area contributed by atoms with Crippen molar-refractivity contribution in [3.8, 4) is 0 Å². The molecule has 0 amide bonds. The molecule has 0 radical (unpaired) electrons. The third kappa shape index (κ3) is 1.46. The average Bonchev–Trinajstić information content (AvgIpc) is 2.64. The van der Waals surface area contributed by atoms with E-state index in [2.05, 4.69) is 35.9 Å². The molecule has 0 saturated carbocycles. The van der Waals surface area contributed by atoms with Crippen LogP contribution in [0.2, 0.25) is 0 Å². The van der Waals surface area contributed by atoms with Crippen molar-refractivity contribution in [2.45, 2.75) is 20.0 Å². The highest BCUT2D eigenvalue weighted by molar-refractivity contribution is 5.80. The summed E-state index contributed by atoms with van der Waals surface area (Å²) in [4.78, 5) is 6.63. The molecule has 1 aliphatic rings. The summed E-state index contributed by atoms with van der Waals surface area (Å²) in [6.07, 6.45) is 1.87. The highest BCUT2D eigenvalue weighted by atomic mass is 15.6. The summed E-state index contributed by atoms with van der Waals surface area (Å²) in [6, 6.07) is 12.2. The number of aryl methyl sites for hydroxylation is 1. The summed E-state index contributed by atoms with van der Waals surface area (Å²) in [5, 5.41) is 1.76. The molecule has 1 aliphatic heterocycles. The molecule has 2 aromatic rings. The van der Waals surface area contributed by atoms with Crippen LogP contribution in [-0.2, 0) is 0 Å². The van der Waals surface area contributed by atoms with E-state index in [0.717, 1.165) is 17.2 Å². The van der Waals surface area contributed by atoms with Gasteiger partial charge in [-0.3, -0.25) is 5.01 Å². The first-order chi connectivity index (χ1) is 8.70. The van der Waals surface area contributed by atoms with Crippen LogP contribution in [0.5, 0.6) is 0 Å². The predicted octanol–water partition coefficient (Wildman–Crippen LogP) is 2.57. The Labute approximate surface area is 107 Å². The molecule has 92 valence electrons. The number of fused-ring (bicyclic) bond motifs is 1. The predicted molar refractivity (Wildman–Crippen MR) is 73.7 cm³/mol. The molecule has 0 bridgehead atoms. The molecule has 0 fully saturated rings. The average molecular weight is 240 g/mol. The van der Waals surface area contributed by atoms with Crippen LogP contribution in [0.3, 0.4) is 0 Å². The molecule has 2 heterocycles. The Morgan fingerprint density at radius 2 is 1.83 bits per heavy atom. The van der Waals surface area contributed by atoms with Crippen LogP contribution in [0, 0.1) is 6.92 Å². The van der Waals surface area contributed by atoms with Crippen molar-refractivity contribution >= 4 is 17.2 Å². The second-order valence-electron chi connectivity index (χ2n) is 4.54. The molecule has 4 nitrogen and oxygen atoms in total. The molecule has 2 N–H and O–H groups in total. The Morgan fingerprint density at radius 1 is 1.11 bits per heavy atom. The minimum atomic E-state index is 0.0657. The number of pyridine rings is 1. The number of hydrazine groups is 1. The lowest BCUT2D eigenvalue weighted by Crippen LogP contribution is -2.43.